The van der Waals surface area contributed by atoms with Crippen LogP contribution in [0.25, 0.3) is 10.8 Å². The highest BCUT2D eigenvalue weighted by atomic mass is 16.3. The van der Waals surface area contributed by atoms with Crippen LogP contribution in [-0.4, -0.2) is 35.7 Å². The third-order valence-electron chi connectivity index (χ3n) is 4.54. The fraction of sp³-hybridized carbons (Fsp3) is 0.444. The van der Waals surface area contributed by atoms with E-state index >= 15 is 0 Å². The van der Waals surface area contributed by atoms with Crippen LogP contribution in [0.1, 0.15) is 24.8 Å². The van der Waals surface area contributed by atoms with Gasteiger partial charge in [0.05, 0.1) is 5.60 Å². The van der Waals surface area contributed by atoms with E-state index in [1.807, 2.05) is 0 Å². The number of likely N-dealkylation sites (tertiary alicyclic amines) is 1. The van der Waals surface area contributed by atoms with E-state index in [1.165, 1.54) is 16.3 Å². The summed E-state index contributed by atoms with van der Waals surface area (Å²) in [5, 5.41) is 13.5. The van der Waals surface area contributed by atoms with Crippen molar-refractivity contribution < 1.29 is 5.11 Å². The zero-order valence-electron chi connectivity index (χ0n) is 12.2. The number of hydrogen-bond donors (Lipinski definition) is 1. The maximum atomic E-state index is 11.0. The summed E-state index contributed by atoms with van der Waals surface area (Å²) in [4.78, 5) is 2.32. The fourth-order valence-electron chi connectivity index (χ4n) is 3.29. The van der Waals surface area contributed by atoms with Gasteiger partial charge in [-0.25, -0.2) is 0 Å². The smallest absolute Gasteiger partial charge is 0.0700 e. The van der Waals surface area contributed by atoms with Gasteiger partial charge in [0.15, 0.2) is 0 Å². The van der Waals surface area contributed by atoms with Crippen molar-refractivity contribution in [1.29, 1.82) is 0 Å². The van der Waals surface area contributed by atoms with Gasteiger partial charge < -0.3 is 10.0 Å². The normalized spacial score (nSPS) is 24.7. The molecule has 1 atom stereocenters. The van der Waals surface area contributed by atoms with Crippen molar-refractivity contribution in [3.8, 4) is 0 Å². The molecule has 0 aromatic heterocycles. The van der Waals surface area contributed by atoms with Crippen LogP contribution in [0.3, 0.4) is 0 Å². The molecular weight excluding hydrogens is 246 g/mol. The van der Waals surface area contributed by atoms with Crippen molar-refractivity contribution >= 4 is 10.8 Å². The average Bonchev–Trinajstić information content (AvgIpc) is 2.61. The Morgan fingerprint density at radius 1 is 1.05 bits per heavy atom. The van der Waals surface area contributed by atoms with Gasteiger partial charge >= 0.3 is 0 Å². The Morgan fingerprint density at radius 2 is 1.85 bits per heavy atom. The van der Waals surface area contributed by atoms with Gasteiger partial charge in [0.2, 0.25) is 0 Å². The Morgan fingerprint density at radius 3 is 2.75 bits per heavy atom. The van der Waals surface area contributed by atoms with Crippen molar-refractivity contribution in [2.75, 3.05) is 20.1 Å². The summed E-state index contributed by atoms with van der Waals surface area (Å²) in [6.07, 6.45) is 3.62. The largest absolute Gasteiger partial charge is 0.389 e. The molecule has 0 amide bonds. The van der Waals surface area contributed by atoms with Crippen molar-refractivity contribution in [3.63, 3.8) is 0 Å². The van der Waals surface area contributed by atoms with E-state index in [-0.39, 0.29) is 0 Å². The number of hydrogen-bond acceptors (Lipinski definition) is 2. The van der Waals surface area contributed by atoms with Gasteiger partial charge in [-0.2, -0.15) is 0 Å². The second-order valence-corrected chi connectivity index (χ2v) is 6.20. The predicted octanol–water partition coefficient (Wildman–Crippen LogP) is 3.23. The SMILES string of the molecule is CN1CCCC(O)(Cc2cccc3ccccc23)CC1. The van der Waals surface area contributed by atoms with Gasteiger partial charge in [0, 0.05) is 13.0 Å². The van der Waals surface area contributed by atoms with Gasteiger partial charge in [-0.15, -0.1) is 0 Å². The molecule has 0 spiro atoms. The molecule has 1 fully saturated rings. The van der Waals surface area contributed by atoms with Crippen LogP contribution >= 0.6 is 0 Å². The molecule has 1 saturated heterocycles. The Bertz CT molecular complexity index is 589. The van der Waals surface area contributed by atoms with Crippen molar-refractivity contribution in [2.45, 2.75) is 31.3 Å². The standard InChI is InChI=1S/C18H23NO/c1-19-12-5-10-18(20,11-13-19)14-16-8-4-7-15-6-2-3-9-17(15)16/h2-4,6-9,20H,5,10-14H2,1H3. The summed E-state index contributed by atoms with van der Waals surface area (Å²) in [5.74, 6) is 0. The Labute approximate surface area is 121 Å². The second kappa shape index (κ2) is 5.55. The minimum Gasteiger partial charge on any atom is -0.389 e. The summed E-state index contributed by atoms with van der Waals surface area (Å²) < 4.78 is 0. The molecule has 106 valence electrons. The third-order valence-corrected chi connectivity index (χ3v) is 4.54. The lowest BCUT2D eigenvalue weighted by Crippen LogP contribution is -2.32. The highest BCUT2D eigenvalue weighted by Gasteiger charge is 2.29. The van der Waals surface area contributed by atoms with E-state index in [0.717, 1.165) is 38.8 Å². The number of nitrogens with zero attached hydrogens (tertiary/aromatic N) is 1. The van der Waals surface area contributed by atoms with Crippen molar-refractivity contribution in [1.82, 2.24) is 4.90 Å². The summed E-state index contributed by atoms with van der Waals surface area (Å²) in [6, 6.07) is 14.9. The zero-order valence-corrected chi connectivity index (χ0v) is 12.2. The van der Waals surface area contributed by atoms with Crippen molar-refractivity contribution in [2.24, 2.45) is 0 Å². The Balaban J connectivity index is 1.88. The topological polar surface area (TPSA) is 23.5 Å². The van der Waals surface area contributed by atoms with E-state index in [2.05, 4.69) is 54.4 Å². The summed E-state index contributed by atoms with van der Waals surface area (Å²) in [7, 11) is 2.14. The van der Waals surface area contributed by atoms with E-state index in [0.29, 0.717) is 0 Å². The van der Waals surface area contributed by atoms with Gasteiger partial charge in [-0.3, -0.25) is 0 Å². The first-order valence-corrected chi connectivity index (χ1v) is 7.54. The van der Waals surface area contributed by atoms with Crippen molar-refractivity contribution in [3.05, 3.63) is 48.0 Å². The minimum absolute atomic E-state index is 0.547. The minimum atomic E-state index is -0.547. The molecule has 2 heteroatoms. The van der Waals surface area contributed by atoms with Crippen LogP contribution in [0.5, 0.6) is 0 Å². The molecule has 0 radical (unpaired) electrons. The molecular formula is C18H23NO. The molecule has 1 N–H and O–H groups in total. The van der Waals surface area contributed by atoms with Crippen LogP contribution in [-0.2, 0) is 6.42 Å². The van der Waals surface area contributed by atoms with E-state index in [1.54, 1.807) is 0 Å². The molecule has 2 aromatic carbocycles. The van der Waals surface area contributed by atoms with Gasteiger partial charge in [-0.05, 0) is 49.2 Å². The van der Waals surface area contributed by atoms with E-state index in [9.17, 15) is 5.11 Å². The van der Waals surface area contributed by atoms with Gasteiger partial charge in [0.25, 0.3) is 0 Å². The van der Waals surface area contributed by atoms with Crippen LogP contribution in [0, 0.1) is 0 Å². The lowest BCUT2D eigenvalue weighted by atomic mass is 9.86. The predicted molar refractivity (Wildman–Crippen MR) is 83.9 cm³/mol. The maximum absolute atomic E-state index is 11.0. The first kappa shape index (κ1) is 13.6. The average molecular weight is 269 g/mol. The second-order valence-electron chi connectivity index (χ2n) is 6.20. The molecule has 20 heavy (non-hydrogen) atoms. The third kappa shape index (κ3) is 2.87. The molecule has 1 unspecified atom stereocenters. The molecule has 1 aliphatic rings. The van der Waals surface area contributed by atoms with Crippen LogP contribution < -0.4 is 0 Å². The number of fused-ring (bicyclic) bond motifs is 1. The van der Waals surface area contributed by atoms with Crippen LogP contribution in [0.15, 0.2) is 42.5 Å². The van der Waals surface area contributed by atoms with E-state index in [4.69, 9.17) is 0 Å². The molecule has 0 bridgehead atoms. The highest BCUT2D eigenvalue weighted by molar-refractivity contribution is 5.85. The summed E-state index contributed by atoms with van der Waals surface area (Å²) in [5.41, 5.74) is 0.727. The fourth-order valence-corrected chi connectivity index (χ4v) is 3.29. The number of benzene rings is 2. The number of rotatable bonds is 2. The maximum Gasteiger partial charge on any atom is 0.0700 e. The zero-order chi connectivity index (χ0) is 14.0. The molecule has 2 nitrogen and oxygen atoms in total. The van der Waals surface area contributed by atoms with Crippen LogP contribution in [0.4, 0.5) is 0 Å². The first-order valence-electron chi connectivity index (χ1n) is 7.54. The molecule has 1 heterocycles. The lowest BCUT2D eigenvalue weighted by molar-refractivity contribution is 0.0266. The monoisotopic (exact) mass is 269 g/mol. The molecule has 2 aromatic rings. The lowest BCUT2D eigenvalue weighted by Gasteiger charge is -2.27. The quantitative estimate of drug-likeness (QED) is 0.905. The highest BCUT2D eigenvalue weighted by Crippen LogP contribution is 2.29. The number of aliphatic hydroxyl groups is 1. The Kier molecular flexibility index (Phi) is 3.77. The molecule has 0 aliphatic carbocycles. The van der Waals surface area contributed by atoms with E-state index < -0.39 is 5.60 Å². The molecule has 0 saturated carbocycles. The molecule has 1 aliphatic heterocycles. The summed E-state index contributed by atoms with van der Waals surface area (Å²) in [6.45, 7) is 2.08. The first-order chi connectivity index (χ1) is 9.66. The molecule has 3 rings (SSSR count). The summed E-state index contributed by atoms with van der Waals surface area (Å²) >= 11 is 0. The van der Waals surface area contributed by atoms with Crippen LogP contribution in [0.2, 0.25) is 0 Å². The Hall–Kier alpha value is -1.38. The van der Waals surface area contributed by atoms with Gasteiger partial charge in [-0.1, -0.05) is 42.5 Å². The van der Waals surface area contributed by atoms with Gasteiger partial charge in [0.1, 0.15) is 0 Å².